The number of aliphatic carboxylic acids is 1. The molecule has 262 valence electrons. The van der Waals surface area contributed by atoms with E-state index in [-0.39, 0.29) is 55.7 Å². The highest BCUT2D eigenvalue weighted by atomic mass is 16.8. The Hall–Kier alpha value is -3.69. The van der Waals surface area contributed by atoms with Crippen LogP contribution in [0.2, 0.25) is 0 Å². The van der Waals surface area contributed by atoms with Crippen molar-refractivity contribution in [3.8, 4) is 0 Å². The zero-order valence-corrected chi connectivity index (χ0v) is 25.6. The van der Waals surface area contributed by atoms with Crippen LogP contribution in [-0.4, -0.2) is 142 Å². The molecule has 1 saturated heterocycles. The molecule has 3 heterocycles. The molecule has 18 heteroatoms. The van der Waals surface area contributed by atoms with E-state index in [4.69, 9.17) is 29.8 Å². The molecule has 3 aliphatic rings. The van der Waals surface area contributed by atoms with E-state index in [9.17, 15) is 45.3 Å². The third kappa shape index (κ3) is 8.82. The van der Waals surface area contributed by atoms with Crippen LogP contribution in [0.15, 0.2) is 64.7 Å². The van der Waals surface area contributed by atoms with E-state index in [1.165, 1.54) is 18.2 Å². The van der Waals surface area contributed by atoms with E-state index in [2.05, 4.69) is 16.9 Å². The van der Waals surface area contributed by atoms with Gasteiger partial charge in [-0.15, -0.1) is 6.58 Å². The number of esters is 1. The SMILES string of the molecule is C=C[C@H]1[C@H](O[C@@H]2O[C@H](CO)[C@@H](O)C(O)(O)[C@H]2O)OC=C(C(=O)OC)[C@H]1/C=C\C1=C[NH+](CCO)CC(C(=O)O)=C1NC(N)=NCCCO. The lowest BCUT2D eigenvalue weighted by Crippen LogP contribution is -3.09. The number of carboxylic acids is 1. The number of ether oxygens (including phenoxy) is 4. The Bertz CT molecular complexity index is 1300. The third-order valence-corrected chi connectivity index (χ3v) is 7.73. The van der Waals surface area contributed by atoms with Crippen LogP contribution in [0.5, 0.6) is 0 Å². The van der Waals surface area contributed by atoms with Gasteiger partial charge in [0, 0.05) is 19.1 Å². The minimum absolute atomic E-state index is 0.0142. The molecule has 0 radical (unpaired) electrons. The maximum Gasteiger partial charge on any atom is 0.339 e. The van der Waals surface area contributed by atoms with E-state index >= 15 is 0 Å². The number of hydrogen-bond donors (Lipinski definition) is 11. The number of carbonyl (C=O) groups excluding carboxylic acids is 1. The average molecular weight is 672 g/mol. The van der Waals surface area contributed by atoms with Crippen molar-refractivity contribution in [1.82, 2.24) is 5.32 Å². The average Bonchev–Trinajstić information content (AvgIpc) is 3.04. The van der Waals surface area contributed by atoms with Crippen LogP contribution >= 0.6 is 0 Å². The normalized spacial score (nSPS) is 31.1. The van der Waals surface area contributed by atoms with Gasteiger partial charge in [-0.25, -0.2) is 9.59 Å². The van der Waals surface area contributed by atoms with E-state index in [1.54, 1.807) is 6.20 Å². The van der Waals surface area contributed by atoms with Gasteiger partial charge in [0.15, 0.2) is 18.4 Å². The molecule has 0 saturated carbocycles. The van der Waals surface area contributed by atoms with Gasteiger partial charge in [0.25, 0.3) is 0 Å². The van der Waals surface area contributed by atoms with Crippen LogP contribution in [0.1, 0.15) is 6.42 Å². The largest absolute Gasteiger partial charge is 0.478 e. The number of quaternary nitrogens is 1. The molecular formula is C29H43N4O14+. The molecule has 8 atom stereocenters. The number of carbonyl (C=O) groups is 2. The van der Waals surface area contributed by atoms with Gasteiger partial charge in [-0.3, -0.25) is 4.99 Å². The smallest absolute Gasteiger partial charge is 0.339 e. The minimum Gasteiger partial charge on any atom is -0.478 e. The molecule has 3 aliphatic heterocycles. The van der Waals surface area contributed by atoms with E-state index in [1.807, 2.05) is 0 Å². The Labute approximate surface area is 269 Å². The van der Waals surface area contributed by atoms with Crippen molar-refractivity contribution in [2.24, 2.45) is 22.6 Å². The molecule has 0 aliphatic carbocycles. The number of nitrogens with zero attached hydrogens (tertiary/aromatic N) is 1. The second-order valence-electron chi connectivity index (χ2n) is 10.8. The maximum absolute atomic E-state index is 12.8. The first-order valence-electron chi connectivity index (χ1n) is 14.6. The molecule has 47 heavy (non-hydrogen) atoms. The molecule has 0 bridgehead atoms. The van der Waals surface area contributed by atoms with Crippen molar-refractivity contribution in [3.63, 3.8) is 0 Å². The molecule has 18 nitrogen and oxygen atoms in total. The Morgan fingerprint density at radius 3 is 2.53 bits per heavy atom. The summed E-state index contributed by atoms with van der Waals surface area (Å²) in [5.41, 5.74) is 6.30. The van der Waals surface area contributed by atoms with Crippen LogP contribution in [0.3, 0.4) is 0 Å². The fourth-order valence-electron chi connectivity index (χ4n) is 5.20. The summed E-state index contributed by atoms with van der Waals surface area (Å²) in [5, 5.41) is 82.1. The van der Waals surface area contributed by atoms with Crippen molar-refractivity contribution < 1.29 is 74.3 Å². The van der Waals surface area contributed by atoms with Crippen molar-refractivity contribution >= 4 is 17.9 Å². The summed E-state index contributed by atoms with van der Waals surface area (Å²) < 4.78 is 21.6. The minimum atomic E-state index is -3.13. The van der Waals surface area contributed by atoms with Gasteiger partial charge in [-0.05, 0) is 6.42 Å². The Morgan fingerprint density at radius 1 is 1.21 bits per heavy atom. The fourth-order valence-corrected chi connectivity index (χ4v) is 5.20. The lowest BCUT2D eigenvalue weighted by molar-refractivity contribution is -0.843. The Morgan fingerprint density at radius 2 is 1.94 bits per heavy atom. The molecule has 0 aromatic rings. The molecule has 0 aromatic heterocycles. The second kappa shape index (κ2) is 16.9. The number of hydrogen-bond acceptors (Lipinski definition) is 14. The van der Waals surface area contributed by atoms with Crippen molar-refractivity contribution in [1.29, 1.82) is 0 Å². The molecule has 0 spiro atoms. The van der Waals surface area contributed by atoms with Gasteiger partial charge in [-0.2, -0.15) is 0 Å². The highest BCUT2D eigenvalue weighted by Gasteiger charge is 2.56. The predicted octanol–water partition coefficient (Wildman–Crippen LogP) is -5.09. The summed E-state index contributed by atoms with van der Waals surface area (Å²) in [6.45, 7) is 2.89. The Kier molecular flexibility index (Phi) is 13.6. The van der Waals surface area contributed by atoms with Gasteiger partial charge in [0.1, 0.15) is 37.1 Å². The number of rotatable bonds is 14. The van der Waals surface area contributed by atoms with Crippen LogP contribution in [0, 0.1) is 11.8 Å². The van der Waals surface area contributed by atoms with Gasteiger partial charge < -0.3 is 75.8 Å². The predicted molar refractivity (Wildman–Crippen MR) is 159 cm³/mol. The number of aliphatic hydroxyl groups is 7. The lowest BCUT2D eigenvalue weighted by Gasteiger charge is -2.46. The quantitative estimate of drug-likeness (QED) is 0.0206. The molecule has 0 aromatic carbocycles. The first-order chi connectivity index (χ1) is 22.3. The molecule has 3 rings (SSSR count). The number of allylic oxidation sites excluding steroid dienone is 2. The number of aliphatic imine (C=N–C) groups is 1. The van der Waals surface area contributed by atoms with E-state index in [0.29, 0.717) is 16.9 Å². The molecular weight excluding hydrogens is 628 g/mol. The number of methoxy groups -OCH3 is 1. The summed E-state index contributed by atoms with van der Waals surface area (Å²) in [6, 6.07) is 0. The highest BCUT2D eigenvalue weighted by Crippen LogP contribution is 2.37. The number of aliphatic hydroxyl groups excluding tert-OH is 5. The van der Waals surface area contributed by atoms with Gasteiger partial charge in [0.2, 0.25) is 12.1 Å². The first-order valence-corrected chi connectivity index (χ1v) is 14.6. The van der Waals surface area contributed by atoms with Crippen LogP contribution in [0.25, 0.3) is 0 Å². The maximum atomic E-state index is 12.8. The fraction of sp³-hybridized carbons (Fsp3) is 0.552. The number of carboxylic acid groups (broad SMARTS) is 1. The van der Waals surface area contributed by atoms with Crippen molar-refractivity contribution in [2.45, 2.75) is 43.1 Å². The second-order valence-corrected chi connectivity index (χ2v) is 10.8. The standard InChI is InChI=1S/C29H42N4O14/c1-3-16-17(6-5-15-11-33(8-10-35)12-18(24(39)40)21(15)32-28(30)31-7-4-9-34)19(25(41)44-2)14-45-26(16)47-27-23(38)29(42,43)22(37)20(13-36)46-27/h3,5-6,11,14,16-17,20,22-23,26-27,34-38,42-43H,1,4,7-10,12-13H2,2H3,(H,39,40)(H3,30,31,32)/p+1/b6-5-/t16-,17+,20-,22-,23+,26+,27+/m1/s1. The topological polar surface area (TPSA) is 288 Å². The van der Waals surface area contributed by atoms with Crippen LogP contribution in [-0.2, 0) is 28.5 Å². The van der Waals surface area contributed by atoms with E-state index in [0.717, 1.165) is 13.4 Å². The molecule has 1 fully saturated rings. The van der Waals surface area contributed by atoms with Gasteiger partial charge in [-0.1, -0.05) is 18.2 Å². The van der Waals surface area contributed by atoms with Gasteiger partial charge >= 0.3 is 11.9 Å². The number of nitrogens with one attached hydrogen (secondary N) is 2. The van der Waals surface area contributed by atoms with Crippen LogP contribution < -0.4 is 16.0 Å². The lowest BCUT2D eigenvalue weighted by atomic mass is 9.83. The summed E-state index contributed by atoms with van der Waals surface area (Å²) in [7, 11) is 1.15. The number of guanidine groups is 1. The van der Waals surface area contributed by atoms with E-state index < -0.39 is 67.1 Å². The van der Waals surface area contributed by atoms with Crippen molar-refractivity contribution in [2.75, 3.05) is 46.6 Å². The molecule has 0 amide bonds. The summed E-state index contributed by atoms with van der Waals surface area (Å²) in [6.07, 6.45) is -1.70. The zero-order valence-electron chi connectivity index (χ0n) is 25.6. The molecule has 1 unspecified atom stereocenters. The summed E-state index contributed by atoms with van der Waals surface area (Å²) in [4.78, 5) is 29.8. The molecule has 12 N–H and O–H groups in total. The third-order valence-electron chi connectivity index (χ3n) is 7.73. The Balaban J connectivity index is 2.02. The van der Waals surface area contributed by atoms with Gasteiger partial charge in [0.05, 0.1) is 49.3 Å². The summed E-state index contributed by atoms with van der Waals surface area (Å²) >= 11 is 0. The monoisotopic (exact) mass is 671 g/mol. The first kappa shape index (κ1) is 37.8. The summed E-state index contributed by atoms with van der Waals surface area (Å²) in [5.74, 6) is -7.19. The van der Waals surface area contributed by atoms with Crippen LogP contribution in [0.4, 0.5) is 0 Å². The highest BCUT2D eigenvalue weighted by molar-refractivity contribution is 5.92. The number of nitrogens with two attached hydrogens (primary N) is 1. The zero-order chi connectivity index (χ0) is 34.9. The van der Waals surface area contributed by atoms with Crippen molar-refractivity contribution in [3.05, 3.63) is 59.7 Å².